The Morgan fingerprint density at radius 3 is 2.69 bits per heavy atom. The van der Waals surface area contributed by atoms with Crippen molar-refractivity contribution in [3.8, 4) is 0 Å². The van der Waals surface area contributed by atoms with E-state index in [1.54, 1.807) is 6.08 Å². The van der Waals surface area contributed by atoms with Crippen LogP contribution in [-0.4, -0.2) is 10.8 Å². The average molecular weight is 234 g/mol. The van der Waals surface area contributed by atoms with Crippen LogP contribution >= 0.6 is 12.4 Å². The molecule has 0 unspecified atom stereocenters. The predicted octanol–water partition coefficient (Wildman–Crippen LogP) is 3.26. The van der Waals surface area contributed by atoms with Crippen LogP contribution < -0.4 is 0 Å². The Balaban J connectivity index is 0.00000128. The maximum absolute atomic E-state index is 10.8. The lowest BCUT2D eigenvalue weighted by atomic mass is 10.2. The molecule has 0 bridgehead atoms. The van der Waals surface area contributed by atoms with E-state index >= 15 is 0 Å². The van der Waals surface area contributed by atoms with Crippen molar-refractivity contribution in [1.29, 1.82) is 0 Å². The summed E-state index contributed by atoms with van der Waals surface area (Å²) in [5.74, 6) is 0.0324. The van der Waals surface area contributed by atoms with Gasteiger partial charge >= 0.3 is 0 Å². The smallest absolute Gasteiger partial charge is 0.152 e. The van der Waals surface area contributed by atoms with E-state index in [4.69, 9.17) is 0 Å². The first-order valence-electron chi connectivity index (χ1n) is 4.80. The molecular formula is C13H12ClNO. The lowest BCUT2D eigenvalue weighted by Gasteiger charge is -1.97. The summed E-state index contributed by atoms with van der Waals surface area (Å²) in [7, 11) is 0. The highest BCUT2D eigenvalue weighted by molar-refractivity contribution is 5.91. The van der Waals surface area contributed by atoms with Gasteiger partial charge in [-0.05, 0) is 31.2 Å². The van der Waals surface area contributed by atoms with E-state index in [-0.39, 0.29) is 18.2 Å². The number of ketones is 1. The van der Waals surface area contributed by atoms with Crippen LogP contribution in [0, 0.1) is 0 Å². The zero-order valence-electron chi connectivity index (χ0n) is 8.88. The number of hydrogen-bond acceptors (Lipinski definition) is 2. The number of hydrogen-bond donors (Lipinski definition) is 0. The molecule has 0 N–H and O–H groups in total. The molecular weight excluding hydrogens is 222 g/mol. The van der Waals surface area contributed by atoms with Gasteiger partial charge in [-0.1, -0.05) is 24.3 Å². The summed E-state index contributed by atoms with van der Waals surface area (Å²) in [6.07, 6.45) is 3.26. The molecule has 1 aromatic heterocycles. The molecule has 0 aliphatic rings. The second-order valence-electron chi connectivity index (χ2n) is 3.37. The Labute approximate surface area is 100 Å². The number of carbonyl (C=O) groups excluding carboxylic acids is 1. The first-order valence-corrected chi connectivity index (χ1v) is 4.80. The number of para-hydroxylation sites is 1. The van der Waals surface area contributed by atoms with Crippen LogP contribution in [0.25, 0.3) is 17.0 Å². The number of pyridine rings is 1. The molecule has 2 aromatic rings. The average Bonchev–Trinajstić information content (AvgIpc) is 2.26. The monoisotopic (exact) mass is 233 g/mol. The summed E-state index contributed by atoms with van der Waals surface area (Å²) in [4.78, 5) is 15.2. The molecule has 1 aromatic carbocycles. The summed E-state index contributed by atoms with van der Waals surface area (Å²) in [6.45, 7) is 1.53. The zero-order valence-corrected chi connectivity index (χ0v) is 9.70. The first kappa shape index (κ1) is 12.4. The molecule has 0 radical (unpaired) electrons. The fourth-order valence-corrected chi connectivity index (χ4v) is 1.38. The molecule has 0 atom stereocenters. The maximum Gasteiger partial charge on any atom is 0.152 e. The van der Waals surface area contributed by atoms with E-state index < -0.39 is 0 Å². The number of carbonyl (C=O) groups is 1. The van der Waals surface area contributed by atoms with Gasteiger partial charge in [-0.2, -0.15) is 0 Å². The van der Waals surface area contributed by atoms with Gasteiger partial charge < -0.3 is 0 Å². The number of benzene rings is 1. The van der Waals surface area contributed by atoms with Crippen molar-refractivity contribution in [2.75, 3.05) is 0 Å². The number of fused-ring (bicyclic) bond motifs is 1. The lowest BCUT2D eigenvalue weighted by Crippen LogP contribution is -1.84. The van der Waals surface area contributed by atoms with Gasteiger partial charge in [0.15, 0.2) is 5.78 Å². The summed E-state index contributed by atoms with van der Waals surface area (Å²) < 4.78 is 0. The number of rotatable bonds is 2. The summed E-state index contributed by atoms with van der Waals surface area (Å²) in [5, 5.41) is 1.11. The van der Waals surface area contributed by atoms with Crippen molar-refractivity contribution in [2.45, 2.75) is 6.92 Å². The van der Waals surface area contributed by atoms with E-state index in [1.165, 1.54) is 13.0 Å². The molecule has 2 nitrogen and oxygen atoms in total. The highest BCUT2D eigenvalue weighted by atomic mass is 35.5. The fraction of sp³-hybridized carbons (Fsp3) is 0.0769. The molecule has 0 amide bonds. The Morgan fingerprint density at radius 1 is 1.19 bits per heavy atom. The third kappa shape index (κ3) is 2.91. The molecule has 16 heavy (non-hydrogen) atoms. The third-order valence-corrected chi connectivity index (χ3v) is 2.11. The molecule has 3 heteroatoms. The Hall–Kier alpha value is -1.67. The molecule has 0 spiro atoms. The van der Waals surface area contributed by atoms with Crippen LogP contribution in [0.15, 0.2) is 42.5 Å². The third-order valence-electron chi connectivity index (χ3n) is 2.11. The second-order valence-corrected chi connectivity index (χ2v) is 3.37. The van der Waals surface area contributed by atoms with Crippen molar-refractivity contribution in [2.24, 2.45) is 0 Å². The van der Waals surface area contributed by atoms with E-state index in [0.29, 0.717) is 0 Å². The molecule has 0 aliphatic carbocycles. The number of halogens is 1. The second kappa shape index (κ2) is 5.42. The lowest BCUT2D eigenvalue weighted by molar-refractivity contribution is -0.112. The van der Waals surface area contributed by atoms with Crippen LogP contribution in [0.3, 0.4) is 0 Å². The van der Waals surface area contributed by atoms with Gasteiger partial charge in [-0.3, -0.25) is 4.79 Å². The normalized spacial score (nSPS) is 10.3. The molecule has 0 saturated carbocycles. The maximum atomic E-state index is 10.8. The minimum absolute atomic E-state index is 0. The predicted molar refractivity (Wildman–Crippen MR) is 68.7 cm³/mol. The van der Waals surface area contributed by atoms with Gasteiger partial charge in [0.1, 0.15) is 0 Å². The van der Waals surface area contributed by atoms with Crippen LogP contribution in [-0.2, 0) is 4.79 Å². The van der Waals surface area contributed by atoms with Crippen LogP contribution in [0.2, 0.25) is 0 Å². The quantitative estimate of drug-likeness (QED) is 0.746. The largest absolute Gasteiger partial charge is 0.295 e. The summed E-state index contributed by atoms with van der Waals surface area (Å²) in [5.41, 5.74) is 1.76. The fourth-order valence-electron chi connectivity index (χ4n) is 1.38. The molecule has 82 valence electrons. The van der Waals surface area contributed by atoms with Gasteiger partial charge in [0.25, 0.3) is 0 Å². The Bertz CT molecular complexity index is 534. The number of allylic oxidation sites excluding steroid dienone is 1. The van der Waals surface area contributed by atoms with Crippen molar-refractivity contribution < 1.29 is 4.79 Å². The summed E-state index contributed by atoms with van der Waals surface area (Å²) >= 11 is 0. The van der Waals surface area contributed by atoms with E-state index in [2.05, 4.69) is 4.98 Å². The number of nitrogens with zero attached hydrogens (tertiary/aromatic N) is 1. The number of aromatic nitrogens is 1. The Kier molecular flexibility index (Phi) is 4.20. The van der Waals surface area contributed by atoms with E-state index in [1.807, 2.05) is 36.4 Å². The van der Waals surface area contributed by atoms with E-state index in [9.17, 15) is 4.79 Å². The highest BCUT2D eigenvalue weighted by Crippen LogP contribution is 2.12. The minimum Gasteiger partial charge on any atom is -0.295 e. The first-order chi connectivity index (χ1) is 7.25. The van der Waals surface area contributed by atoms with Gasteiger partial charge in [0.05, 0.1) is 11.2 Å². The standard InChI is InChI=1S/C13H11NO.ClH/c1-10(15)6-8-12-9-7-11-4-2-3-5-13(11)14-12;/h2-9H,1H3;1H. The minimum atomic E-state index is 0. The van der Waals surface area contributed by atoms with Crippen molar-refractivity contribution in [1.82, 2.24) is 4.98 Å². The van der Waals surface area contributed by atoms with Gasteiger partial charge in [-0.15, -0.1) is 12.4 Å². The van der Waals surface area contributed by atoms with Crippen molar-refractivity contribution >= 4 is 35.2 Å². The molecule has 0 saturated heterocycles. The van der Waals surface area contributed by atoms with Gasteiger partial charge in [0.2, 0.25) is 0 Å². The summed E-state index contributed by atoms with van der Waals surface area (Å²) in [6, 6.07) is 11.8. The molecule has 1 heterocycles. The Morgan fingerprint density at radius 2 is 1.94 bits per heavy atom. The highest BCUT2D eigenvalue weighted by Gasteiger charge is 1.94. The van der Waals surface area contributed by atoms with Crippen LogP contribution in [0.5, 0.6) is 0 Å². The van der Waals surface area contributed by atoms with Crippen LogP contribution in [0.1, 0.15) is 12.6 Å². The zero-order chi connectivity index (χ0) is 10.7. The topological polar surface area (TPSA) is 30.0 Å². The van der Waals surface area contributed by atoms with Gasteiger partial charge in [0, 0.05) is 5.39 Å². The van der Waals surface area contributed by atoms with Crippen LogP contribution in [0.4, 0.5) is 0 Å². The molecule has 2 rings (SSSR count). The SMILES string of the molecule is CC(=O)C=Cc1ccc2ccccc2n1.Cl. The van der Waals surface area contributed by atoms with Crippen molar-refractivity contribution in [3.63, 3.8) is 0 Å². The molecule has 0 fully saturated rings. The van der Waals surface area contributed by atoms with Crippen molar-refractivity contribution in [3.05, 3.63) is 48.2 Å². The van der Waals surface area contributed by atoms with E-state index in [0.717, 1.165) is 16.6 Å². The molecule has 0 aliphatic heterocycles. The van der Waals surface area contributed by atoms with Gasteiger partial charge in [-0.25, -0.2) is 4.98 Å².